The largest absolute Gasteiger partial charge is 0.481 e. The van der Waals surface area contributed by atoms with Crippen molar-refractivity contribution in [1.82, 2.24) is 15.6 Å². The molecule has 3 rings (SSSR count). The second-order valence-corrected chi connectivity index (χ2v) is 11.9. The Bertz CT molecular complexity index is 1200. The van der Waals surface area contributed by atoms with Crippen LogP contribution in [0.25, 0.3) is 0 Å². The minimum absolute atomic E-state index is 0.00879. The maximum atomic E-state index is 12.5. The van der Waals surface area contributed by atoms with E-state index in [9.17, 15) is 18.0 Å². The lowest BCUT2D eigenvalue weighted by Crippen LogP contribution is -2.40. The molecule has 1 aromatic heterocycles. The maximum absolute atomic E-state index is 12.5. The minimum Gasteiger partial charge on any atom is -0.481 e. The van der Waals surface area contributed by atoms with Crippen LogP contribution in [0.15, 0.2) is 59.6 Å². The number of nitrogens with one attached hydrogen (secondary N) is 2. The van der Waals surface area contributed by atoms with Crippen LogP contribution >= 0.6 is 0 Å². The number of sulfone groups is 1. The first kappa shape index (κ1) is 31.0. The molecule has 3 atom stereocenters. The number of ether oxygens (including phenoxy) is 1. The monoisotopic (exact) mass is 543 g/mol. The fourth-order valence-electron chi connectivity index (χ4n) is 4.39. The number of pyridine rings is 1. The average molecular weight is 544 g/mol. The van der Waals surface area contributed by atoms with Crippen LogP contribution in [-0.4, -0.2) is 51.2 Å². The number of aryl methyl sites for hydroxylation is 1. The van der Waals surface area contributed by atoms with E-state index in [0.717, 1.165) is 31.9 Å². The van der Waals surface area contributed by atoms with Crippen molar-refractivity contribution in [3.8, 4) is 5.88 Å². The number of hydrogen-bond acceptors (Lipinski definition) is 6. The van der Waals surface area contributed by atoms with Gasteiger partial charge in [-0.1, -0.05) is 74.7 Å². The molecule has 0 radical (unpaired) electrons. The number of aromatic nitrogens is 1. The van der Waals surface area contributed by atoms with Crippen LogP contribution < -0.4 is 15.4 Å². The molecular formula is C29H41N3O5S. The molecule has 1 saturated carbocycles. The number of nitrogens with zero attached hydrogens (tertiary/aromatic N) is 1. The van der Waals surface area contributed by atoms with E-state index in [-0.39, 0.29) is 40.9 Å². The molecule has 3 unspecified atom stereocenters. The van der Waals surface area contributed by atoms with Gasteiger partial charge in [-0.15, -0.1) is 0 Å². The standard InChI is InChI=1S/C22H33N3O5S.C7H8/c1-6-16-8-7-9-18(16)24-21(26)15(3)10-14(2)13-23-22(27)17-11-19(30-4)25-20(12-17)31(5,28)29;1-7-5-3-2-4-6-7/h11-12,15-16,18H,2,6-10,13H2,1,3-5H3,(H,23,27)(H,24,26);2-6H,1H3. The van der Waals surface area contributed by atoms with Crippen molar-refractivity contribution in [2.24, 2.45) is 11.8 Å². The zero-order chi connectivity index (χ0) is 28.3. The summed E-state index contributed by atoms with van der Waals surface area (Å²) in [7, 11) is -2.25. The van der Waals surface area contributed by atoms with Gasteiger partial charge in [0.15, 0.2) is 14.9 Å². The van der Waals surface area contributed by atoms with Crippen LogP contribution in [0.3, 0.4) is 0 Å². The Morgan fingerprint density at radius 3 is 2.42 bits per heavy atom. The smallest absolute Gasteiger partial charge is 0.251 e. The third kappa shape index (κ3) is 9.93. The molecule has 1 aromatic carbocycles. The molecule has 1 aliphatic carbocycles. The van der Waals surface area contributed by atoms with E-state index in [2.05, 4.69) is 48.2 Å². The molecule has 2 aromatic rings. The minimum atomic E-state index is -3.60. The van der Waals surface area contributed by atoms with Gasteiger partial charge < -0.3 is 15.4 Å². The van der Waals surface area contributed by atoms with Crippen molar-refractivity contribution in [2.45, 2.75) is 63.9 Å². The van der Waals surface area contributed by atoms with Gasteiger partial charge in [-0.3, -0.25) is 9.59 Å². The first-order chi connectivity index (χ1) is 17.9. The molecule has 2 amide bonds. The molecule has 0 aliphatic heterocycles. The fourth-order valence-corrected chi connectivity index (χ4v) is 4.98. The SMILES string of the molecule is C=C(CNC(=O)c1cc(OC)nc(S(C)(=O)=O)c1)CC(C)C(=O)NC1CCCC1CC.Cc1ccccc1. The van der Waals surface area contributed by atoms with Gasteiger partial charge in [0.2, 0.25) is 11.8 Å². The van der Waals surface area contributed by atoms with Crippen molar-refractivity contribution < 1.29 is 22.7 Å². The van der Waals surface area contributed by atoms with E-state index in [4.69, 9.17) is 4.74 Å². The van der Waals surface area contributed by atoms with Crippen LogP contribution in [-0.2, 0) is 14.6 Å². The highest BCUT2D eigenvalue weighted by Gasteiger charge is 2.28. The third-order valence-corrected chi connectivity index (χ3v) is 7.59. The molecule has 1 heterocycles. The second kappa shape index (κ2) is 14.7. The van der Waals surface area contributed by atoms with Crippen LogP contribution in [0, 0.1) is 18.8 Å². The molecule has 0 saturated heterocycles. The average Bonchev–Trinajstić information content (AvgIpc) is 3.34. The molecule has 0 bridgehead atoms. The van der Waals surface area contributed by atoms with E-state index < -0.39 is 15.7 Å². The Hall–Kier alpha value is -3.20. The van der Waals surface area contributed by atoms with Crippen LogP contribution in [0.4, 0.5) is 0 Å². The Labute approximate surface area is 227 Å². The van der Waals surface area contributed by atoms with E-state index in [0.29, 0.717) is 17.9 Å². The van der Waals surface area contributed by atoms with Gasteiger partial charge in [-0.25, -0.2) is 13.4 Å². The zero-order valence-corrected chi connectivity index (χ0v) is 23.9. The Morgan fingerprint density at radius 2 is 1.87 bits per heavy atom. The predicted molar refractivity (Wildman–Crippen MR) is 150 cm³/mol. The number of carbonyl (C=O) groups excluding carboxylic acids is 2. The van der Waals surface area contributed by atoms with Gasteiger partial charge in [0.05, 0.1) is 7.11 Å². The molecule has 1 fully saturated rings. The van der Waals surface area contributed by atoms with E-state index in [1.165, 1.54) is 24.8 Å². The van der Waals surface area contributed by atoms with Crippen molar-refractivity contribution in [3.63, 3.8) is 0 Å². The predicted octanol–water partition coefficient (Wildman–Crippen LogP) is 4.50. The lowest BCUT2D eigenvalue weighted by molar-refractivity contribution is -0.125. The van der Waals surface area contributed by atoms with Gasteiger partial charge in [-0.05, 0) is 38.2 Å². The van der Waals surface area contributed by atoms with Crippen molar-refractivity contribution in [3.05, 3.63) is 65.7 Å². The Morgan fingerprint density at radius 1 is 1.18 bits per heavy atom. The summed E-state index contributed by atoms with van der Waals surface area (Å²) in [5.74, 6) is -0.127. The first-order valence-electron chi connectivity index (χ1n) is 13.0. The summed E-state index contributed by atoms with van der Waals surface area (Å²) in [6.07, 6.45) is 5.87. The Kier molecular flexibility index (Phi) is 12.0. The summed E-state index contributed by atoms with van der Waals surface area (Å²) >= 11 is 0. The highest BCUT2D eigenvalue weighted by Crippen LogP contribution is 2.28. The summed E-state index contributed by atoms with van der Waals surface area (Å²) in [6, 6.07) is 13.1. The quantitative estimate of drug-likeness (QED) is 0.427. The highest BCUT2D eigenvalue weighted by molar-refractivity contribution is 7.90. The number of rotatable bonds is 10. The van der Waals surface area contributed by atoms with Gasteiger partial charge >= 0.3 is 0 Å². The molecular weight excluding hydrogens is 502 g/mol. The molecule has 9 heteroatoms. The molecule has 8 nitrogen and oxygen atoms in total. The third-order valence-electron chi connectivity index (χ3n) is 6.62. The fraction of sp³-hybridized carbons (Fsp3) is 0.483. The second-order valence-electron chi connectivity index (χ2n) is 9.92. The molecule has 0 spiro atoms. The summed E-state index contributed by atoms with van der Waals surface area (Å²) in [6.45, 7) is 10.2. The maximum Gasteiger partial charge on any atom is 0.251 e. The van der Waals surface area contributed by atoms with Crippen molar-refractivity contribution >= 4 is 21.7 Å². The lowest BCUT2D eigenvalue weighted by Gasteiger charge is -2.22. The van der Waals surface area contributed by atoms with E-state index in [1.54, 1.807) is 0 Å². The van der Waals surface area contributed by atoms with E-state index in [1.807, 2.05) is 25.1 Å². The molecule has 208 valence electrons. The van der Waals surface area contributed by atoms with Crippen LogP contribution in [0.1, 0.15) is 61.9 Å². The number of methoxy groups -OCH3 is 1. The van der Waals surface area contributed by atoms with Gasteiger partial charge in [0, 0.05) is 36.4 Å². The van der Waals surface area contributed by atoms with Gasteiger partial charge in [0.25, 0.3) is 5.91 Å². The van der Waals surface area contributed by atoms with E-state index >= 15 is 0 Å². The highest BCUT2D eigenvalue weighted by atomic mass is 32.2. The number of amides is 2. The molecule has 38 heavy (non-hydrogen) atoms. The summed E-state index contributed by atoms with van der Waals surface area (Å²) in [5.41, 5.74) is 2.15. The summed E-state index contributed by atoms with van der Waals surface area (Å²) in [5, 5.41) is 5.64. The summed E-state index contributed by atoms with van der Waals surface area (Å²) < 4.78 is 28.6. The number of benzene rings is 1. The van der Waals surface area contributed by atoms with Crippen LogP contribution in [0.2, 0.25) is 0 Å². The van der Waals surface area contributed by atoms with Gasteiger partial charge in [-0.2, -0.15) is 0 Å². The van der Waals surface area contributed by atoms with Crippen molar-refractivity contribution in [1.29, 1.82) is 0 Å². The normalized spacial score (nSPS) is 17.5. The van der Waals surface area contributed by atoms with Crippen molar-refractivity contribution in [2.75, 3.05) is 19.9 Å². The number of carbonyl (C=O) groups is 2. The van der Waals surface area contributed by atoms with Crippen LogP contribution in [0.5, 0.6) is 5.88 Å². The molecule has 2 N–H and O–H groups in total. The number of hydrogen-bond donors (Lipinski definition) is 2. The topological polar surface area (TPSA) is 114 Å². The zero-order valence-electron chi connectivity index (χ0n) is 23.1. The molecule has 1 aliphatic rings. The van der Waals surface area contributed by atoms with Gasteiger partial charge in [0.1, 0.15) is 0 Å². The Balaban J connectivity index is 0.000000624. The summed E-state index contributed by atoms with van der Waals surface area (Å²) in [4.78, 5) is 28.9. The lowest BCUT2D eigenvalue weighted by atomic mass is 9.97. The first-order valence-corrected chi connectivity index (χ1v) is 14.9.